The third-order valence-electron chi connectivity index (χ3n) is 3.37. The van der Waals surface area contributed by atoms with E-state index in [1.54, 1.807) is 0 Å². The minimum absolute atomic E-state index is 0.00874. The van der Waals surface area contributed by atoms with E-state index in [4.69, 9.17) is 0 Å². The van der Waals surface area contributed by atoms with Gasteiger partial charge in [-0.2, -0.15) is 0 Å². The standard InChI is InChI=1S/C17H19FN2O/c1-11-5-6-12(17(2,3)4)9-15(11)20-16(21)13-7-8-19-10-14(13)18/h5-10H,1-4H3,(H,20,21). The summed E-state index contributed by atoms with van der Waals surface area (Å²) in [6, 6.07) is 7.30. The minimum Gasteiger partial charge on any atom is -0.322 e. The summed E-state index contributed by atoms with van der Waals surface area (Å²) in [6.45, 7) is 8.22. The molecule has 0 unspecified atom stereocenters. The van der Waals surface area contributed by atoms with Crippen molar-refractivity contribution in [3.05, 3.63) is 59.2 Å². The Labute approximate surface area is 124 Å². The molecule has 0 fully saturated rings. The van der Waals surface area contributed by atoms with Crippen LogP contribution < -0.4 is 5.32 Å². The van der Waals surface area contributed by atoms with Crippen molar-refractivity contribution in [2.24, 2.45) is 0 Å². The van der Waals surface area contributed by atoms with Crippen molar-refractivity contribution in [3.8, 4) is 0 Å². The molecule has 1 aromatic heterocycles. The van der Waals surface area contributed by atoms with Crippen molar-refractivity contribution in [2.75, 3.05) is 5.32 Å². The van der Waals surface area contributed by atoms with Crippen LogP contribution in [0.2, 0.25) is 0 Å². The van der Waals surface area contributed by atoms with Gasteiger partial charge in [-0.15, -0.1) is 0 Å². The van der Waals surface area contributed by atoms with E-state index in [9.17, 15) is 9.18 Å². The van der Waals surface area contributed by atoms with Crippen molar-refractivity contribution in [1.29, 1.82) is 0 Å². The second kappa shape index (κ2) is 5.64. The van der Waals surface area contributed by atoms with Crippen LogP contribution in [-0.2, 0) is 5.41 Å². The van der Waals surface area contributed by atoms with Crippen molar-refractivity contribution in [2.45, 2.75) is 33.1 Å². The molecular formula is C17H19FN2O. The van der Waals surface area contributed by atoms with Gasteiger partial charge in [-0.25, -0.2) is 4.39 Å². The summed E-state index contributed by atoms with van der Waals surface area (Å²) < 4.78 is 13.6. The average Bonchev–Trinajstić information content (AvgIpc) is 2.40. The molecule has 1 heterocycles. The number of carbonyl (C=O) groups excluding carboxylic acids is 1. The highest BCUT2D eigenvalue weighted by atomic mass is 19.1. The van der Waals surface area contributed by atoms with Gasteiger partial charge in [0.1, 0.15) is 0 Å². The lowest BCUT2D eigenvalue weighted by Gasteiger charge is -2.21. The zero-order valence-corrected chi connectivity index (χ0v) is 12.7. The van der Waals surface area contributed by atoms with E-state index in [2.05, 4.69) is 31.1 Å². The van der Waals surface area contributed by atoms with Gasteiger partial charge in [-0.1, -0.05) is 32.9 Å². The normalized spacial score (nSPS) is 11.3. The van der Waals surface area contributed by atoms with E-state index in [0.717, 1.165) is 17.3 Å². The first kappa shape index (κ1) is 15.2. The Hall–Kier alpha value is -2.23. The van der Waals surface area contributed by atoms with Gasteiger partial charge >= 0.3 is 0 Å². The molecule has 0 saturated heterocycles. The van der Waals surface area contributed by atoms with Crippen LogP contribution in [0.25, 0.3) is 0 Å². The molecule has 110 valence electrons. The Kier molecular flexibility index (Phi) is 4.07. The van der Waals surface area contributed by atoms with Gasteiger partial charge in [-0.3, -0.25) is 9.78 Å². The first-order valence-corrected chi connectivity index (χ1v) is 6.81. The number of amides is 1. The highest BCUT2D eigenvalue weighted by Gasteiger charge is 2.17. The SMILES string of the molecule is Cc1ccc(C(C)(C)C)cc1NC(=O)c1ccncc1F. The molecule has 2 rings (SSSR count). The molecule has 3 nitrogen and oxygen atoms in total. The van der Waals surface area contributed by atoms with Crippen LogP contribution in [0.5, 0.6) is 0 Å². The number of anilines is 1. The van der Waals surface area contributed by atoms with E-state index in [1.165, 1.54) is 12.3 Å². The number of carbonyl (C=O) groups is 1. The number of nitrogens with zero attached hydrogens (tertiary/aromatic N) is 1. The Balaban J connectivity index is 2.31. The van der Waals surface area contributed by atoms with Gasteiger partial charge in [0.15, 0.2) is 5.82 Å². The number of hydrogen-bond donors (Lipinski definition) is 1. The molecule has 0 saturated carbocycles. The van der Waals surface area contributed by atoms with Crippen LogP contribution in [0.1, 0.15) is 42.3 Å². The number of aryl methyl sites for hydroxylation is 1. The molecule has 0 spiro atoms. The molecule has 0 aliphatic heterocycles. The molecule has 2 aromatic rings. The summed E-state index contributed by atoms with van der Waals surface area (Å²) in [5.74, 6) is -1.09. The van der Waals surface area contributed by atoms with Crippen LogP contribution in [-0.4, -0.2) is 10.9 Å². The fraction of sp³-hybridized carbons (Fsp3) is 0.294. The van der Waals surface area contributed by atoms with E-state index in [1.807, 2.05) is 25.1 Å². The van der Waals surface area contributed by atoms with Crippen molar-refractivity contribution in [1.82, 2.24) is 4.98 Å². The first-order chi connectivity index (χ1) is 9.79. The molecule has 0 radical (unpaired) electrons. The molecule has 0 bridgehead atoms. The Morgan fingerprint density at radius 1 is 1.24 bits per heavy atom. The lowest BCUT2D eigenvalue weighted by atomic mass is 9.86. The Bertz CT molecular complexity index is 675. The number of halogens is 1. The lowest BCUT2D eigenvalue weighted by Crippen LogP contribution is -2.16. The minimum atomic E-state index is -0.625. The average molecular weight is 286 g/mol. The fourth-order valence-electron chi connectivity index (χ4n) is 1.97. The predicted octanol–water partition coefficient (Wildman–Crippen LogP) is 4.08. The maximum Gasteiger partial charge on any atom is 0.258 e. The topological polar surface area (TPSA) is 42.0 Å². The highest BCUT2D eigenvalue weighted by molar-refractivity contribution is 6.04. The Morgan fingerprint density at radius 3 is 2.57 bits per heavy atom. The number of hydrogen-bond acceptors (Lipinski definition) is 2. The van der Waals surface area contributed by atoms with Crippen LogP contribution in [0.3, 0.4) is 0 Å². The zero-order valence-electron chi connectivity index (χ0n) is 12.7. The highest BCUT2D eigenvalue weighted by Crippen LogP contribution is 2.27. The van der Waals surface area contributed by atoms with Gasteiger partial charge in [0.05, 0.1) is 11.8 Å². The summed E-state index contributed by atoms with van der Waals surface area (Å²) >= 11 is 0. The molecule has 1 N–H and O–H groups in total. The largest absolute Gasteiger partial charge is 0.322 e. The van der Waals surface area contributed by atoms with Crippen LogP contribution in [0, 0.1) is 12.7 Å². The summed E-state index contributed by atoms with van der Waals surface area (Å²) in [5.41, 5.74) is 2.72. The number of pyridine rings is 1. The summed E-state index contributed by atoms with van der Waals surface area (Å²) in [4.78, 5) is 15.8. The molecule has 4 heteroatoms. The second-order valence-electron chi connectivity index (χ2n) is 6.09. The van der Waals surface area contributed by atoms with Crippen molar-refractivity contribution < 1.29 is 9.18 Å². The van der Waals surface area contributed by atoms with E-state index < -0.39 is 11.7 Å². The maximum atomic E-state index is 13.6. The maximum absolute atomic E-state index is 13.6. The molecule has 21 heavy (non-hydrogen) atoms. The van der Waals surface area contributed by atoms with Gasteiger partial charge in [0.25, 0.3) is 5.91 Å². The predicted molar refractivity (Wildman–Crippen MR) is 82.0 cm³/mol. The third kappa shape index (κ3) is 3.45. The van der Waals surface area contributed by atoms with Crippen molar-refractivity contribution >= 4 is 11.6 Å². The van der Waals surface area contributed by atoms with Crippen LogP contribution in [0.15, 0.2) is 36.7 Å². The number of nitrogens with one attached hydrogen (secondary N) is 1. The van der Waals surface area contributed by atoms with E-state index >= 15 is 0 Å². The van der Waals surface area contributed by atoms with Gasteiger partial charge in [-0.05, 0) is 35.6 Å². The Morgan fingerprint density at radius 2 is 1.95 bits per heavy atom. The fourth-order valence-corrected chi connectivity index (χ4v) is 1.97. The monoisotopic (exact) mass is 286 g/mol. The van der Waals surface area contributed by atoms with Gasteiger partial charge in [0, 0.05) is 11.9 Å². The molecule has 1 amide bonds. The van der Waals surface area contributed by atoms with Crippen LogP contribution in [0.4, 0.5) is 10.1 Å². The molecule has 0 aliphatic carbocycles. The van der Waals surface area contributed by atoms with E-state index in [0.29, 0.717) is 5.69 Å². The van der Waals surface area contributed by atoms with E-state index in [-0.39, 0.29) is 11.0 Å². The molecule has 0 atom stereocenters. The molecule has 0 aliphatic rings. The third-order valence-corrected chi connectivity index (χ3v) is 3.37. The number of aromatic nitrogens is 1. The van der Waals surface area contributed by atoms with Crippen LogP contribution >= 0.6 is 0 Å². The summed E-state index contributed by atoms with van der Waals surface area (Å²) in [5, 5.41) is 2.77. The second-order valence-corrected chi connectivity index (χ2v) is 6.09. The summed E-state index contributed by atoms with van der Waals surface area (Å²) in [7, 11) is 0. The number of rotatable bonds is 2. The van der Waals surface area contributed by atoms with Gasteiger partial charge < -0.3 is 5.32 Å². The lowest BCUT2D eigenvalue weighted by molar-refractivity contribution is 0.102. The quantitative estimate of drug-likeness (QED) is 0.904. The molecule has 1 aromatic carbocycles. The molecular weight excluding hydrogens is 267 g/mol. The zero-order chi connectivity index (χ0) is 15.6. The number of benzene rings is 1. The van der Waals surface area contributed by atoms with Gasteiger partial charge in [0.2, 0.25) is 0 Å². The summed E-state index contributed by atoms with van der Waals surface area (Å²) in [6.07, 6.45) is 2.43. The van der Waals surface area contributed by atoms with Crippen molar-refractivity contribution in [3.63, 3.8) is 0 Å². The first-order valence-electron chi connectivity index (χ1n) is 6.81. The smallest absolute Gasteiger partial charge is 0.258 e.